The van der Waals surface area contributed by atoms with Crippen LogP contribution in [0, 0.1) is 0 Å². The van der Waals surface area contributed by atoms with Gasteiger partial charge in [0.15, 0.2) is 11.5 Å². The van der Waals surface area contributed by atoms with Crippen molar-refractivity contribution in [2.45, 2.75) is 45.9 Å². The number of likely N-dealkylation sites (N-methyl/N-ethyl adjacent to an activating group) is 1. The quantitative estimate of drug-likeness (QED) is 0.295. The van der Waals surface area contributed by atoms with Crippen LogP contribution >= 0.6 is 11.3 Å². The number of thiophene rings is 1. The third-order valence-corrected chi connectivity index (χ3v) is 6.78. The summed E-state index contributed by atoms with van der Waals surface area (Å²) in [6.07, 6.45) is -0.257. The predicted molar refractivity (Wildman–Crippen MR) is 146 cm³/mol. The van der Waals surface area contributed by atoms with Crippen molar-refractivity contribution in [2.24, 2.45) is 11.5 Å². The first-order valence-corrected chi connectivity index (χ1v) is 12.5. The number of hydrogen-bond donors (Lipinski definition) is 3. The van der Waals surface area contributed by atoms with Crippen molar-refractivity contribution in [2.75, 3.05) is 13.6 Å². The van der Waals surface area contributed by atoms with Crippen LogP contribution in [0.15, 0.2) is 47.8 Å². The smallest absolute Gasteiger partial charge is 0.410 e. The second kappa shape index (κ2) is 11.6. The van der Waals surface area contributed by atoms with Crippen molar-refractivity contribution in [3.63, 3.8) is 0 Å². The Hall–Kier alpha value is -4.03. The average Bonchev–Trinajstić information content (AvgIpc) is 3.45. The first-order valence-electron chi connectivity index (χ1n) is 11.6. The summed E-state index contributed by atoms with van der Waals surface area (Å²) in [7, 11) is 1.42. The molecule has 0 saturated carbocycles. The molecule has 0 aliphatic rings. The molecule has 0 spiro atoms. The Labute approximate surface area is 224 Å². The Morgan fingerprint density at radius 3 is 2.61 bits per heavy atom. The lowest BCUT2D eigenvalue weighted by molar-refractivity contribution is -0.126. The molecule has 4 rings (SSSR count). The number of ether oxygens (including phenoxy) is 1. The van der Waals surface area contributed by atoms with Gasteiger partial charge in [-0.2, -0.15) is 0 Å². The van der Waals surface area contributed by atoms with Gasteiger partial charge in [-0.3, -0.25) is 14.0 Å². The van der Waals surface area contributed by atoms with Crippen LogP contribution in [0.1, 0.15) is 44.4 Å². The van der Waals surface area contributed by atoms with E-state index in [-0.39, 0.29) is 26.5 Å². The Morgan fingerprint density at radius 2 is 1.89 bits per heavy atom. The molecule has 1 atom stereocenters. The highest BCUT2D eigenvalue weighted by Gasteiger charge is 2.29. The molecule has 1 aromatic carbocycles. The number of nitrogens with two attached hydrogens (primary N) is 2. The summed E-state index contributed by atoms with van der Waals surface area (Å²) >= 11 is 1.63. The van der Waals surface area contributed by atoms with E-state index >= 15 is 0 Å². The molecule has 12 heteroatoms. The average molecular weight is 540 g/mol. The molecule has 38 heavy (non-hydrogen) atoms. The van der Waals surface area contributed by atoms with Gasteiger partial charge in [0, 0.05) is 18.2 Å². The number of nitrogens with zero attached hydrogens (tertiary/aromatic N) is 4. The van der Waals surface area contributed by atoms with E-state index in [0.717, 1.165) is 20.5 Å². The molecule has 0 aliphatic heterocycles. The third-order valence-electron chi connectivity index (χ3n) is 5.77. The van der Waals surface area contributed by atoms with E-state index in [4.69, 9.17) is 16.2 Å². The fourth-order valence-corrected chi connectivity index (χ4v) is 4.85. The van der Waals surface area contributed by atoms with Crippen molar-refractivity contribution < 1.29 is 19.1 Å². The molecule has 4 aromatic rings. The van der Waals surface area contributed by atoms with E-state index in [1.807, 2.05) is 24.3 Å². The number of benzene rings is 1. The second-order valence-electron chi connectivity index (χ2n) is 9.35. The zero-order valence-corrected chi connectivity index (χ0v) is 21.6. The molecule has 3 heterocycles. The van der Waals surface area contributed by atoms with E-state index < -0.39 is 23.6 Å². The van der Waals surface area contributed by atoms with Crippen LogP contribution in [0.2, 0.25) is 0 Å². The third kappa shape index (κ3) is 6.26. The van der Waals surface area contributed by atoms with Gasteiger partial charge < -0.3 is 26.4 Å². The molecular weight excluding hydrogens is 506 g/mol. The molecule has 3 amide bonds. The Balaban J connectivity index is 0.00000400. The standard InChI is InChI=1S/C25H29N7O4S.CH4/c1-25(2,27)23(34)28-18(11-15-14-37-19-9-5-4-8-17(15)19)22-30-29-21-10-6-7-16(32(21)22)13-36-24(35)31(3)12-20(26)33;/h4-10,14,18H,11-13,27H2,1-3H3,(H2,26,33)(H,28,34);1H4/t18-;/m1./s1. The molecule has 0 radical (unpaired) electrons. The van der Waals surface area contributed by atoms with Gasteiger partial charge in [-0.15, -0.1) is 21.5 Å². The number of carbonyl (C=O) groups excluding carboxylic acids is 3. The minimum Gasteiger partial charge on any atom is -0.443 e. The van der Waals surface area contributed by atoms with E-state index in [9.17, 15) is 14.4 Å². The number of hydrogen-bond acceptors (Lipinski definition) is 8. The number of carbonyl (C=O) groups is 3. The second-order valence-corrected chi connectivity index (χ2v) is 10.3. The van der Waals surface area contributed by atoms with Crippen molar-refractivity contribution in [1.82, 2.24) is 24.8 Å². The number of amides is 3. The lowest BCUT2D eigenvalue weighted by Gasteiger charge is -2.24. The van der Waals surface area contributed by atoms with Gasteiger partial charge in [-0.1, -0.05) is 31.7 Å². The Morgan fingerprint density at radius 1 is 1.16 bits per heavy atom. The molecule has 3 aromatic heterocycles. The minimum absolute atomic E-state index is 0. The van der Waals surface area contributed by atoms with E-state index in [0.29, 0.717) is 23.6 Å². The van der Waals surface area contributed by atoms with Gasteiger partial charge in [0.05, 0.1) is 17.3 Å². The SMILES string of the molecule is C.CN(CC(N)=O)C(=O)OCc1cccc2nnc([C@@H](Cc3csc4ccccc34)NC(=O)C(C)(C)N)n12. The molecular formula is C26H33N7O4S. The van der Waals surface area contributed by atoms with Gasteiger partial charge >= 0.3 is 6.09 Å². The molecule has 5 N–H and O–H groups in total. The maximum absolute atomic E-state index is 13.0. The molecule has 202 valence electrons. The molecule has 0 saturated heterocycles. The maximum atomic E-state index is 13.0. The van der Waals surface area contributed by atoms with Gasteiger partial charge in [-0.05, 0) is 48.4 Å². The summed E-state index contributed by atoms with van der Waals surface area (Å²) in [5.74, 6) is -0.518. The van der Waals surface area contributed by atoms with Crippen LogP contribution in [0.5, 0.6) is 0 Å². The first-order chi connectivity index (χ1) is 17.5. The number of nitrogens with one attached hydrogen (secondary N) is 1. The normalized spacial score (nSPS) is 12.1. The Bertz CT molecular complexity index is 1460. The molecule has 11 nitrogen and oxygen atoms in total. The van der Waals surface area contributed by atoms with Crippen LogP contribution in [0.25, 0.3) is 15.7 Å². The zero-order chi connectivity index (χ0) is 26.7. The molecule has 0 unspecified atom stereocenters. The lowest BCUT2D eigenvalue weighted by Crippen LogP contribution is -2.50. The highest BCUT2D eigenvalue weighted by atomic mass is 32.1. The predicted octanol–water partition coefficient (Wildman–Crippen LogP) is 2.77. The summed E-state index contributed by atoms with van der Waals surface area (Å²) in [5.41, 5.74) is 12.3. The Kier molecular flexibility index (Phi) is 8.69. The summed E-state index contributed by atoms with van der Waals surface area (Å²) in [6, 6.07) is 12.8. The first kappa shape index (κ1) is 28.5. The summed E-state index contributed by atoms with van der Waals surface area (Å²) in [6.45, 7) is 2.89. The van der Waals surface area contributed by atoms with Gasteiger partial charge in [-0.25, -0.2) is 4.79 Å². The lowest BCUT2D eigenvalue weighted by atomic mass is 10.0. The molecule has 0 fully saturated rings. The minimum atomic E-state index is -1.11. The highest BCUT2D eigenvalue weighted by Crippen LogP contribution is 2.30. The number of rotatable bonds is 9. The van der Waals surface area contributed by atoms with Gasteiger partial charge in [0.1, 0.15) is 13.2 Å². The molecule has 0 bridgehead atoms. The highest BCUT2D eigenvalue weighted by molar-refractivity contribution is 7.17. The fraction of sp³-hybridized carbons (Fsp3) is 0.346. The largest absolute Gasteiger partial charge is 0.443 e. The topological polar surface area (TPSA) is 158 Å². The van der Waals surface area contributed by atoms with Crippen molar-refractivity contribution in [3.05, 3.63) is 64.9 Å². The van der Waals surface area contributed by atoms with E-state index in [2.05, 4.69) is 20.9 Å². The van der Waals surface area contributed by atoms with Gasteiger partial charge in [0.25, 0.3) is 0 Å². The van der Waals surface area contributed by atoms with Crippen molar-refractivity contribution in [1.29, 1.82) is 0 Å². The van der Waals surface area contributed by atoms with Crippen LogP contribution in [-0.2, 0) is 27.4 Å². The van der Waals surface area contributed by atoms with Crippen LogP contribution in [0.4, 0.5) is 4.79 Å². The van der Waals surface area contributed by atoms with E-state index in [1.165, 1.54) is 7.05 Å². The van der Waals surface area contributed by atoms with E-state index in [1.54, 1.807) is 47.8 Å². The van der Waals surface area contributed by atoms with Crippen molar-refractivity contribution in [3.8, 4) is 0 Å². The zero-order valence-electron chi connectivity index (χ0n) is 20.8. The number of fused-ring (bicyclic) bond motifs is 2. The van der Waals surface area contributed by atoms with Crippen molar-refractivity contribution >= 4 is 45.0 Å². The number of primary amides is 1. The molecule has 0 aliphatic carbocycles. The van der Waals surface area contributed by atoms with Crippen LogP contribution in [0.3, 0.4) is 0 Å². The summed E-state index contributed by atoms with van der Waals surface area (Å²) in [5, 5.41) is 14.9. The number of pyridine rings is 1. The van der Waals surface area contributed by atoms with Crippen LogP contribution in [-0.4, -0.2) is 56.5 Å². The monoisotopic (exact) mass is 539 g/mol. The maximum Gasteiger partial charge on any atom is 0.410 e. The van der Waals surface area contributed by atoms with Gasteiger partial charge in [0.2, 0.25) is 11.8 Å². The van der Waals surface area contributed by atoms with Crippen LogP contribution < -0.4 is 16.8 Å². The summed E-state index contributed by atoms with van der Waals surface area (Å²) in [4.78, 5) is 37.5. The number of aromatic nitrogens is 3. The fourth-order valence-electron chi connectivity index (χ4n) is 3.88. The summed E-state index contributed by atoms with van der Waals surface area (Å²) < 4.78 is 8.29.